The fourth-order valence-electron chi connectivity index (χ4n) is 5.36. The molecule has 2 aromatic rings. The molecule has 0 saturated carbocycles. The number of benzene rings is 2. The Bertz CT molecular complexity index is 1020. The van der Waals surface area contributed by atoms with Gasteiger partial charge >= 0.3 is 0 Å². The van der Waals surface area contributed by atoms with E-state index in [1.165, 1.54) is 0 Å². The van der Waals surface area contributed by atoms with E-state index in [9.17, 15) is 5.11 Å². The number of rotatable bonds is 17. The van der Waals surface area contributed by atoms with Gasteiger partial charge in [-0.1, -0.05) is 18.2 Å². The van der Waals surface area contributed by atoms with Crippen LogP contribution < -0.4 is 19.7 Å². The SMILES string of the molecule is COCCCN1CCOc2ccc(CO[C@H]3CNC[C@@H](OC[C@H](O)COC)C3c3ccc(OCCOC)cc3)cc21. The first-order chi connectivity index (χ1) is 20.1. The van der Waals surface area contributed by atoms with E-state index < -0.39 is 6.10 Å². The van der Waals surface area contributed by atoms with Crippen molar-refractivity contribution in [3.63, 3.8) is 0 Å². The third-order valence-electron chi connectivity index (χ3n) is 7.40. The zero-order chi connectivity index (χ0) is 28.9. The molecule has 0 aliphatic carbocycles. The van der Waals surface area contributed by atoms with Gasteiger partial charge < -0.3 is 48.5 Å². The van der Waals surface area contributed by atoms with Crippen LogP contribution in [0.1, 0.15) is 23.5 Å². The van der Waals surface area contributed by atoms with E-state index in [1.807, 2.05) is 18.2 Å². The molecule has 2 aliphatic heterocycles. The minimum absolute atomic E-state index is 0.0366. The van der Waals surface area contributed by atoms with Gasteiger partial charge in [-0.2, -0.15) is 0 Å². The van der Waals surface area contributed by atoms with Gasteiger partial charge in [0.2, 0.25) is 0 Å². The molecule has 1 saturated heterocycles. The molecule has 0 amide bonds. The van der Waals surface area contributed by atoms with Gasteiger partial charge in [0.05, 0.1) is 50.9 Å². The van der Waals surface area contributed by atoms with Crippen LogP contribution in [-0.2, 0) is 30.3 Å². The summed E-state index contributed by atoms with van der Waals surface area (Å²) in [7, 11) is 4.96. The molecule has 0 radical (unpaired) electrons. The fraction of sp³-hybridized carbons (Fsp3) is 0.613. The van der Waals surface area contributed by atoms with Crippen molar-refractivity contribution in [1.82, 2.24) is 5.32 Å². The molecule has 2 aliphatic rings. The van der Waals surface area contributed by atoms with Crippen molar-refractivity contribution in [3.8, 4) is 11.5 Å². The summed E-state index contributed by atoms with van der Waals surface area (Å²) >= 11 is 0. The van der Waals surface area contributed by atoms with Crippen molar-refractivity contribution in [2.24, 2.45) is 0 Å². The lowest BCUT2D eigenvalue weighted by molar-refractivity contribution is -0.0856. The minimum Gasteiger partial charge on any atom is -0.491 e. The quantitative estimate of drug-likeness (QED) is 0.274. The van der Waals surface area contributed by atoms with E-state index in [2.05, 4.69) is 34.5 Å². The Morgan fingerprint density at radius 1 is 0.927 bits per heavy atom. The van der Waals surface area contributed by atoms with Crippen LogP contribution in [0.2, 0.25) is 0 Å². The maximum Gasteiger partial charge on any atom is 0.142 e. The van der Waals surface area contributed by atoms with E-state index in [1.54, 1.807) is 21.3 Å². The lowest BCUT2D eigenvalue weighted by Crippen LogP contribution is -2.51. The van der Waals surface area contributed by atoms with Crippen LogP contribution in [0.4, 0.5) is 5.69 Å². The average Bonchev–Trinajstić information content (AvgIpc) is 3.00. The topological polar surface area (TPSA) is 100 Å². The number of aliphatic hydroxyl groups is 1. The number of nitrogens with one attached hydrogen (secondary N) is 1. The normalized spacial score (nSPS) is 21.3. The average molecular weight is 575 g/mol. The maximum absolute atomic E-state index is 10.2. The van der Waals surface area contributed by atoms with Gasteiger partial charge in [-0.25, -0.2) is 0 Å². The third kappa shape index (κ3) is 9.27. The zero-order valence-corrected chi connectivity index (χ0v) is 24.6. The highest BCUT2D eigenvalue weighted by Gasteiger charge is 2.36. The molecule has 0 aromatic heterocycles. The number of methoxy groups -OCH3 is 3. The second-order valence-corrected chi connectivity index (χ2v) is 10.4. The van der Waals surface area contributed by atoms with Gasteiger partial charge in [-0.15, -0.1) is 0 Å². The predicted octanol–water partition coefficient (Wildman–Crippen LogP) is 2.61. The number of hydrogen-bond acceptors (Lipinski definition) is 10. The Hall–Kier alpha value is -2.44. The molecule has 10 heteroatoms. The molecular formula is C31H46N2O8. The smallest absolute Gasteiger partial charge is 0.142 e. The number of ether oxygens (including phenoxy) is 7. The summed E-state index contributed by atoms with van der Waals surface area (Å²) in [6.45, 7) is 6.43. The number of hydrogen-bond donors (Lipinski definition) is 2. The van der Waals surface area contributed by atoms with E-state index >= 15 is 0 Å². The van der Waals surface area contributed by atoms with Gasteiger partial charge in [-0.05, 0) is 41.8 Å². The molecule has 4 rings (SSSR count). The fourth-order valence-corrected chi connectivity index (χ4v) is 5.36. The number of anilines is 1. The second-order valence-electron chi connectivity index (χ2n) is 10.4. The Kier molecular flexibility index (Phi) is 13.0. The molecular weight excluding hydrogens is 528 g/mol. The Morgan fingerprint density at radius 2 is 1.71 bits per heavy atom. The first-order valence-corrected chi connectivity index (χ1v) is 14.4. The number of fused-ring (bicyclic) bond motifs is 1. The lowest BCUT2D eigenvalue weighted by Gasteiger charge is -2.39. The molecule has 2 aromatic carbocycles. The predicted molar refractivity (Wildman–Crippen MR) is 156 cm³/mol. The summed E-state index contributed by atoms with van der Waals surface area (Å²) in [6, 6.07) is 14.4. The highest BCUT2D eigenvalue weighted by atomic mass is 16.5. The Morgan fingerprint density at radius 3 is 2.46 bits per heavy atom. The summed E-state index contributed by atoms with van der Waals surface area (Å²) in [4.78, 5) is 2.36. The van der Waals surface area contributed by atoms with E-state index in [4.69, 9.17) is 33.2 Å². The van der Waals surface area contributed by atoms with Crippen LogP contribution >= 0.6 is 0 Å². The summed E-state index contributed by atoms with van der Waals surface area (Å²) in [5, 5.41) is 13.7. The second kappa shape index (κ2) is 16.9. The number of piperidine rings is 1. The van der Waals surface area contributed by atoms with Crippen LogP contribution in [-0.4, -0.2) is 111 Å². The number of nitrogens with zero attached hydrogens (tertiary/aromatic N) is 1. The van der Waals surface area contributed by atoms with Crippen molar-refractivity contribution in [1.29, 1.82) is 0 Å². The summed E-state index contributed by atoms with van der Waals surface area (Å²) in [5.41, 5.74) is 3.29. The van der Waals surface area contributed by atoms with Crippen LogP contribution in [0, 0.1) is 0 Å². The van der Waals surface area contributed by atoms with Gasteiger partial charge in [0, 0.05) is 53.5 Å². The van der Waals surface area contributed by atoms with Gasteiger partial charge in [-0.3, -0.25) is 0 Å². The molecule has 0 spiro atoms. The van der Waals surface area contributed by atoms with Gasteiger partial charge in [0.25, 0.3) is 0 Å². The molecule has 10 nitrogen and oxygen atoms in total. The molecule has 228 valence electrons. The molecule has 1 unspecified atom stereocenters. The molecule has 1 fully saturated rings. The molecule has 41 heavy (non-hydrogen) atoms. The van der Waals surface area contributed by atoms with Gasteiger partial charge in [0.15, 0.2) is 0 Å². The van der Waals surface area contributed by atoms with Crippen molar-refractivity contribution < 1.29 is 38.3 Å². The molecule has 0 bridgehead atoms. The monoisotopic (exact) mass is 574 g/mol. The van der Waals surface area contributed by atoms with Crippen molar-refractivity contribution in [2.75, 3.05) is 92.0 Å². The maximum atomic E-state index is 10.2. The first-order valence-electron chi connectivity index (χ1n) is 14.4. The van der Waals surface area contributed by atoms with Crippen LogP contribution in [0.25, 0.3) is 0 Å². The lowest BCUT2D eigenvalue weighted by atomic mass is 9.85. The Balaban J connectivity index is 1.47. The molecule has 4 atom stereocenters. The van der Waals surface area contributed by atoms with Crippen molar-refractivity contribution >= 4 is 5.69 Å². The summed E-state index contributed by atoms with van der Waals surface area (Å²) in [6.07, 6.45) is -0.0570. The molecule has 2 N–H and O–H groups in total. The standard InChI is InChI=1S/C31H46N2O8/c1-35-13-4-11-33-12-14-39-28-10-5-23(17-27(28)33)20-40-29-18-32-19-30(41-22-25(34)21-37-3)31(29)24-6-8-26(9-7-24)38-16-15-36-2/h5-10,17,25,29-32,34H,4,11-16,18-22H2,1-3H3/t25-,29+,30-,31?/m1/s1. The van der Waals surface area contributed by atoms with E-state index in [-0.39, 0.29) is 31.3 Å². The summed E-state index contributed by atoms with van der Waals surface area (Å²) in [5.74, 6) is 1.66. The van der Waals surface area contributed by atoms with Crippen LogP contribution in [0.3, 0.4) is 0 Å². The van der Waals surface area contributed by atoms with Crippen molar-refractivity contribution in [2.45, 2.75) is 37.3 Å². The largest absolute Gasteiger partial charge is 0.491 e. The van der Waals surface area contributed by atoms with E-state index in [0.717, 1.165) is 54.4 Å². The first kappa shape index (κ1) is 31.5. The van der Waals surface area contributed by atoms with E-state index in [0.29, 0.717) is 39.5 Å². The summed E-state index contributed by atoms with van der Waals surface area (Å²) < 4.78 is 39.9. The highest BCUT2D eigenvalue weighted by Crippen LogP contribution is 2.35. The number of aliphatic hydroxyl groups excluding tert-OH is 1. The Labute approximate surface area is 243 Å². The van der Waals surface area contributed by atoms with Crippen LogP contribution in [0.15, 0.2) is 42.5 Å². The molecule has 2 heterocycles. The highest BCUT2D eigenvalue weighted by molar-refractivity contribution is 5.61. The van der Waals surface area contributed by atoms with Crippen LogP contribution in [0.5, 0.6) is 11.5 Å². The van der Waals surface area contributed by atoms with Gasteiger partial charge in [0.1, 0.15) is 30.8 Å². The van der Waals surface area contributed by atoms with Crippen molar-refractivity contribution in [3.05, 3.63) is 53.6 Å². The minimum atomic E-state index is -0.692. The zero-order valence-electron chi connectivity index (χ0n) is 24.6. The third-order valence-corrected chi connectivity index (χ3v) is 7.40.